The van der Waals surface area contributed by atoms with Crippen molar-refractivity contribution >= 4 is 17.2 Å². The predicted octanol–water partition coefficient (Wildman–Crippen LogP) is 4.96. The lowest BCUT2D eigenvalue weighted by Crippen LogP contribution is -2.02. The Kier molecular flexibility index (Phi) is 3.31. The number of para-hydroxylation sites is 2. The first-order chi connectivity index (χ1) is 11.3. The van der Waals surface area contributed by atoms with Crippen LogP contribution in [-0.4, -0.2) is 5.78 Å². The van der Waals surface area contributed by atoms with Crippen LogP contribution >= 0.6 is 0 Å². The maximum atomic E-state index is 12.6. The molecule has 0 radical (unpaired) electrons. The second kappa shape index (κ2) is 5.61. The molecule has 0 saturated carbocycles. The molecular formula is C20H15NO2. The molecule has 3 aromatic carbocycles. The highest BCUT2D eigenvalue weighted by atomic mass is 16.5. The number of carbonyl (C=O) groups excluding carboxylic acids is 1. The number of ether oxygens (including phenoxy) is 1. The maximum absolute atomic E-state index is 12.6. The fourth-order valence-corrected chi connectivity index (χ4v) is 2.74. The molecule has 3 aromatic rings. The first-order valence-electron chi connectivity index (χ1n) is 7.55. The van der Waals surface area contributed by atoms with Crippen LogP contribution in [0.3, 0.4) is 0 Å². The van der Waals surface area contributed by atoms with Gasteiger partial charge >= 0.3 is 0 Å². The second-order valence-electron chi connectivity index (χ2n) is 5.51. The zero-order chi connectivity index (χ0) is 15.6. The summed E-state index contributed by atoms with van der Waals surface area (Å²) in [6, 6.07) is 23.2. The SMILES string of the molecule is O=C1Cc2ccccc2Oc2ccc(Nc3ccccc3)cc21. The largest absolute Gasteiger partial charge is 0.456 e. The third-order valence-electron chi connectivity index (χ3n) is 3.89. The van der Waals surface area contributed by atoms with Crippen molar-refractivity contribution in [1.82, 2.24) is 0 Å². The minimum atomic E-state index is 0.0710. The summed E-state index contributed by atoms with van der Waals surface area (Å²) in [6.45, 7) is 0. The third-order valence-corrected chi connectivity index (χ3v) is 3.89. The summed E-state index contributed by atoms with van der Waals surface area (Å²) in [6.07, 6.45) is 0.359. The summed E-state index contributed by atoms with van der Waals surface area (Å²) in [7, 11) is 0. The van der Waals surface area contributed by atoms with Gasteiger partial charge in [0.2, 0.25) is 0 Å². The summed E-state index contributed by atoms with van der Waals surface area (Å²) < 4.78 is 5.93. The van der Waals surface area contributed by atoms with Gasteiger partial charge < -0.3 is 10.1 Å². The van der Waals surface area contributed by atoms with Crippen LogP contribution < -0.4 is 10.1 Å². The average molecular weight is 301 g/mol. The van der Waals surface area contributed by atoms with Gasteiger partial charge in [0.25, 0.3) is 0 Å². The summed E-state index contributed by atoms with van der Waals surface area (Å²) >= 11 is 0. The van der Waals surface area contributed by atoms with Gasteiger partial charge in [0, 0.05) is 23.4 Å². The Morgan fingerprint density at radius 1 is 0.783 bits per heavy atom. The van der Waals surface area contributed by atoms with Gasteiger partial charge in [-0.2, -0.15) is 0 Å². The second-order valence-corrected chi connectivity index (χ2v) is 5.51. The molecule has 112 valence electrons. The molecule has 0 aromatic heterocycles. The quantitative estimate of drug-likeness (QED) is 0.727. The van der Waals surface area contributed by atoms with E-state index >= 15 is 0 Å². The molecule has 0 saturated heterocycles. The molecule has 0 fully saturated rings. The topological polar surface area (TPSA) is 38.3 Å². The lowest BCUT2D eigenvalue weighted by Gasteiger charge is -2.11. The van der Waals surface area contributed by atoms with Crippen molar-refractivity contribution in [2.24, 2.45) is 0 Å². The Balaban J connectivity index is 1.70. The molecule has 3 nitrogen and oxygen atoms in total. The highest BCUT2D eigenvalue weighted by molar-refractivity contribution is 6.02. The molecule has 0 atom stereocenters. The van der Waals surface area contributed by atoms with E-state index < -0.39 is 0 Å². The van der Waals surface area contributed by atoms with Gasteiger partial charge in [-0.25, -0.2) is 0 Å². The molecule has 23 heavy (non-hydrogen) atoms. The monoisotopic (exact) mass is 301 g/mol. The van der Waals surface area contributed by atoms with Crippen LogP contribution in [0.5, 0.6) is 11.5 Å². The Morgan fingerprint density at radius 2 is 1.57 bits per heavy atom. The predicted molar refractivity (Wildman–Crippen MR) is 90.7 cm³/mol. The standard InChI is InChI=1S/C20H15NO2/c22-18-12-14-6-4-5-9-19(14)23-20-11-10-16(13-17(18)20)21-15-7-2-1-3-8-15/h1-11,13,21H,12H2. The van der Waals surface area contributed by atoms with Crippen LogP contribution in [0, 0.1) is 0 Å². The van der Waals surface area contributed by atoms with Crippen LogP contribution in [-0.2, 0) is 6.42 Å². The molecule has 0 spiro atoms. The summed E-state index contributed by atoms with van der Waals surface area (Å²) in [5.74, 6) is 1.43. The number of rotatable bonds is 2. The van der Waals surface area contributed by atoms with Crippen LogP contribution in [0.15, 0.2) is 72.8 Å². The van der Waals surface area contributed by atoms with E-state index in [1.54, 1.807) is 0 Å². The van der Waals surface area contributed by atoms with E-state index in [-0.39, 0.29) is 5.78 Å². The smallest absolute Gasteiger partial charge is 0.171 e. The van der Waals surface area contributed by atoms with Gasteiger partial charge in [0.05, 0.1) is 5.56 Å². The maximum Gasteiger partial charge on any atom is 0.171 e. The van der Waals surface area contributed by atoms with E-state index in [0.29, 0.717) is 17.7 Å². The lowest BCUT2D eigenvalue weighted by molar-refractivity contribution is 0.0993. The van der Waals surface area contributed by atoms with E-state index in [4.69, 9.17) is 4.74 Å². The number of ketones is 1. The van der Waals surface area contributed by atoms with Crippen LogP contribution in [0.25, 0.3) is 0 Å². The molecule has 1 heterocycles. The van der Waals surface area contributed by atoms with Gasteiger partial charge in [-0.05, 0) is 36.4 Å². The average Bonchev–Trinajstić information content (AvgIpc) is 2.72. The molecule has 4 rings (SSSR count). The minimum absolute atomic E-state index is 0.0710. The Hall–Kier alpha value is -3.07. The van der Waals surface area contributed by atoms with E-state index in [0.717, 1.165) is 22.7 Å². The highest BCUT2D eigenvalue weighted by Crippen LogP contribution is 2.35. The molecule has 0 aliphatic carbocycles. The zero-order valence-corrected chi connectivity index (χ0v) is 12.5. The normalized spacial score (nSPS) is 12.6. The fourth-order valence-electron chi connectivity index (χ4n) is 2.74. The van der Waals surface area contributed by atoms with E-state index in [1.807, 2.05) is 72.8 Å². The van der Waals surface area contributed by atoms with Crippen molar-refractivity contribution in [3.05, 3.63) is 83.9 Å². The molecule has 0 amide bonds. The molecule has 1 N–H and O–H groups in total. The van der Waals surface area contributed by atoms with Crippen LogP contribution in [0.1, 0.15) is 15.9 Å². The van der Waals surface area contributed by atoms with Crippen molar-refractivity contribution in [2.45, 2.75) is 6.42 Å². The first-order valence-corrected chi connectivity index (χ1v) is 7.55. The fraction of sp³-hybridized carbons (Fsp3) is 0.0500. The minimum Gasteiger partial charge on any atom is -0.456 e. The van der Waals surface area contributed by atoms with Gasteiger partial charge in [0.15, 0.2) is 5.78 Å². The number of fused-ring (bicyclic) bond motifs is 2. The van der Waals surface area contributed by atoms with Gasteiger partial charge in [-0.1, -0.05) is 36.4 Å². The zero-order valence-electron chi connectivity index (χ0n) is 12.5. The van der Waals surface area contributed by atoms with Gasteiger partial charge in [-0.3, -0.25) is 4.79 Å². The van der Waals surface area contributed by atoms with Crippen molar-refractivity contribution in [2.75, 3.05) is 5.32 Å². The number of Topliss-reactive ketones (excluding diaryl/α,β-unsaturated/α-hetero) is 1. The molecule has 1 aliphatic rings. The number of carbonyl (C=O) groups is 1. The van der Waals surface area contributed by atoms with Crippen molar-refractivity contribution in [1.29, 1.82) is 0 Å². The number of hydrogen-bond donors (Lipinski definition) is 1. The van der Waals surface area contributed by atoms with Crippen molar-refractivity contribution in [3.8, 4) is 11.5 Å². The third kappa shape index (κ3) is 2.69. The van der Waals surface area contributed by atoms with Crippen LogP contribution in [0.4, 0.5) is 11.4 Å². The molecule has 0 unspecified atom stereocenters. The molecule has 3 heteroatoms. The highest BCUT2D eigenvalue weighted by Gasteiger charge is 2.21. The summed E-state index contributed by atoms with van der Waals surface area (Å²) in [5, 5.41) is 3.31. The van der Waals surface area contributed by atoms with E-state index in [2.05, 4.69) is 5.32 Å². The van der Waals surface area contributed by atoms with Crippen molar-refractivity contribution in [3.63, 3.8) is 0 Å². The van der Waals surface area contributed by atoms with Crippen LogP contribution in [0.2, 0.25) is 0 Å². The Morgan fingerprint density at radius 3 is 2.43 bits per heavy atom. The molecular weight excluding hydrogens is 286 g/mol. The van der Waals surface area contributed by atoms with Gasteiger partial charge in [-0.15, -0.1) is 0 Å². The number of hydrogen-bond acceptors (Lipinski definition) is 3. The lowest BCUT2D eigenvalue weighted by atomic mass is 10.0. The Labute approximate surface area is 134 Å². The van der Waals surface area contributed by atoms with E-state index in [1.165, 1.54) is 0 Å². The van der Waals surface area contributed by atoms with E-state index in [9.17, 15) is 4.79 Å². The number of benzene rings is 3. The summed E-state index contributed by atoms with van der Waals surface area (Å²) in [5.41, 5.74) is 3.39. The summed E-state index contributed by atoms with van der Waals surface area (Å²) in [4.78, 5) is 12.6. The van der Waals surface area contributed by atoms with Gasteiger partial charge in [0.1, 0.15) is 11.5 Å². The molecule has 1 aliphatic heterocycles. The Bertz CT molecular complexity index is 872. The van der Waals surface area contributed by atoms with Crippen molar-refractivity contribution < 1.29 is 9.53 Å². The number of nitrogens with one attached hydrogen (secondary N) is 1. The molecule has 0 bridgehead atoms. The first kappa shape index (κ1) is 13.6. The number of anilines is 2.